The summed E-state index contributed by atoms with van der Waals surface area (Å²) in [7, 11) is 1.66. The zero-order valence-corrected chi connectivity index (χ0v) is 11.0. The molecule has 1 fully saturated rings. The van der Waals surface area contributed by atoms with Gasteiger partial charge in [0, 0.05) is 12.6 Å². The van der Waals surface area contributed by atoms with Crippen LogP contribution in [0.2, 0.25) is 0 Å². The van der Waals surface area contributed by atoms with Crippen molar-refractivity contribution in [2.24, 2.45) is 5.73 Å². The Labute approximate surface area is 109 Å². The summed E-state index contributed by atoms with van der Waals surface area (Å²) in [6, 6.07) is 8.01. The van der Waals surface area contributed by atoms with Crippen LogP contribution in [-0.4, -0.2) is 44.3 Å². The molecule has 4 nitrogen and oxygen atoms in total. The minimum atomic E-state index is 0.318. The number of methoxy groups -OCH3 is 1. The summed E-state index contributed by atoms with van der Waals surface area (Å²) in [6.45, 7) is 3.57. The van der Waals surface area contributed by atoms with Gasteiger partial charge in [0.05, 0.1) is 13.2 Å². The molecule has 4 heteroatoms. The Morgan fingerprint density at radius 2 is 2.00 bits per heavy atom. The molecule has 0 radical (unpaired) electrons. The van der Waals surface area contributed by atoms with E-state index in [1.165, 1.54) is 12.8 Å². The third-order valence-corrected chi connectivity index (χ3v) is 3.41. The summed E-state index contributed by atoms with van der Waals surface area (Å²) in [5.41, 5.74) is 5.83. The number of ether oxygens (including phenoxy) is 2. The van der Waals surface area contributed by atoms with Gasteiger partial charge in [-0.2, -0.15) is 0 Å². The van der Waals surface area contributed by atoms with Gasteiger partial charge in [-0.25, -0.2) is 0 Å². The van der Waals surface area contributed by atoms with Crippen molar-refractivity contribution in [3.8, 4) is 11.5 Å². The molecule has 0 aliphatic carbocycles. The maximum Gasteiger partial charge on any atom is 0.123 e. The van der Waals surface area contributed by atoms with Crippen LogP contribution in [0.5, 0.6) is 11.5 Å². The first-order valence-corrected chi connectivity index (χ1v) is 6.54. The molecular weight excluding hydrogens is 228 g/mol. The van der Waals surface area contributed by atoms with E-state index in [0.29, 0.717) is 19.2 Å². The summed E-state index contributed by atoms with van der Waals surface area (Å²) in [4.78, 5) is 2.42. The first kappa shape index (κ1) is 13.2. The fourth-order valence-corrected chi connectivity index (χ4v) is 2.31. The molecule has 0 bridgehead atoms. The molecule has 1 atom stereocenters. The number of nitrogens with two attached hydrogens (primary N) is 1. The van der Waals surface area contributed by atoms with E-state index in [0.717, 1.165) is 24.6 Å². The SMILES string of the molecule is COc1cccc(OCC(CN)N2CCCC2)c1. The Balaban J connectivity index is 1.88. The second kappa shape index (κ2) is 6.61. The highest BCUT2D eigenvalue weighted by Gasteiger charge is 2.21. The Morgan fingerprint density at radius 3 is 2.67 bits per heavy atom. The lowest BCUT2D eigenvalue weighted by Gasteiger charge is -2.26. The summed E-state index contributed by atoms with van der Waals surface area (Å²) in [6.07, 6.45) is 2.55. The third-order valence-electron chi connectivity index (χ3n) is 3.41. The van der Waals surface area contributed by atoms with E-state index in [1.807, 2.05) is 24.3 Å². The topological polar surface area (TPSA) is 47.7 Å². The molecule has 0 amide bonds. The lowest BCUT2D eigenvalue weighted by atomic mass is 10.2. The molecule has 0 spiro atoms. The van der Waals surface area contributed by atoms with E-state index < -0.39 is 0 Å². The van der Waals surface area contributed by atoms with Crippen molar-refractivity contribution in [1.82, 2.24) is 4.90 Å². The van der Waals surface area contributed by atoms with Crippen molar-refractivity contribution < 1.29 is 9.47 Å². The second-order valence-electron chi connectivity index (χ2n) is 4.62. The van der Waals surface area contributed by atoms with Crippen molar-refractivity contribution in [1.29, 1.82) is 0 Å². The lowest BCUT2D eigenvalue weighted by molar-refractivity contribution is 0.164. The first-order chi connectivity index (χ1) is 8.83. The zero-order valence-electron chi connectivity index (χ0n) is 11.0. The van der Waals surface area contributed by atoms with E-state index in [1.54, 1.807) is 7.11 Å². The van der Waals surface area contributed by atoms with Crippen LogP contribution in [0.3, 0.4) is 0 Å². The molecule has 1 aliphatic rings. The van der Waals surface area contributed by atoms with Crippen molar-refractivity contribution in [3.63, 3.8) is 0 Å². The Bertz CT molecular complexity index is 365. The number of nitrogens with zero attached hydrogens (tertiary/aromatic N) is 1. The molecular formula is C14H22N2O2. The first-order valence-electron chi connectivity index (χ1n) is 6.54. The molecule has 18 heavy (non-hydrogen) atoms. The van der Waals surface area contributed by atoms with Gasteiger partial charge in [-0.15, -0.1) is 0 Å². The molecule has 0 aromatic heterocycles. The monoisotopic (exact) mass is 250 g/mol. The highest BCUT2D eigenvalue weighted by Crippen LogP contribution is 2.20. The van der Waals surface area contributed by atoms with Gasteiger partial charge in [0.1, 0.15) is 18.1 Å². The molecule has 2 rings (SSSR count). The fourth-order valence-electron chi connectivity index (χ4n) is 2.31. The van der Waals surface area contributed by atoms with E-state index in [9.17, 15) is 0 Å². The predicted molar refractivity (Wildman–Crippen MR) is 72.1 cm³/mol. The Morgan fingerprint density at radius 1 is 1.28 bits per heavy atom. The van der Waals surface area contributed by atoms with Gasteiger partial charge in [-0.1, -0.05) is 6.07 Å². The summed E-state index contributed by atoms with van der Waals surface area (Å²) in [5.74, 6) is 1.66. The normalized spacial score (nSPS) is 17.7. The van der Waals surface area contributed by atoms with Crippen LogP contribution in [0.25, 0.3) is 0 Å². The van der Waals surface area contributed by atoms with Gasteiger partial charge >= 0.3 is 0 Å². The fraction of sp³-hybridized carbons (Fsp3) is 0.571. The van der Waals surface area contributed by atoms with Crippen LogP contribution in [0.1, 0.15) is 12.8 Å². The number of benzene rings is 1. The summed E-state index contributed by atoms with van der Waals surface area (Å²) < 4.78 is 11.0. The minimum absolute atomic E-state index is 0.318. The number of likely N-dealkylation sites (tertiary alicyclic amines) is 1. The van der Waals surface area contributed by atoms with Crippen LogP contribution in [0.4, 0.5) is 0 Å². The molecule has 100 valence electrons. The van der Waals surface area contributed by atoms with Crippen molar-refractivity contribution >= 4 is 0 Å². The van der Waals surface area contributed by atoms with Gasteiger partial charge < -0.3 is 15.2 Å². The quantitative estimate of drug-likeness (QED) is 0.831. The van der Waals surface area contributed by atoms with Crippen molar-refractivity contribution in [2.45, 2.75) is 18.9 Å². The van der Waals surface area contributed by atoms with Crippen LogP contribution in [-0.2, 0) is 0 Å². The Hall–Kier alpha value is -1.26. The van der Waals surface area contributed by atoms with Crippen molar-refractivity contribution in [3.05, 3.63) is 24.3 Å². The van der Waals surface area contributed by atoms with Crippen LogP contribution in [0.15, 0.2) is 24.3 Å². The van der Waals surface area contributed by atoms with Gasteiger partial charge in [0.2, 0.25) is 0 Å². The zero-order chi connectivity index (χ0) is 12.8. The largest absolute Gasteiger partial charge is 0.497 e. The maximum atomic E-state index is 5.83. The average Bonchev–Trinajstić information content (AvgIpc) is 2.94. The predicted octanol–water partition coefficient (Wildman–Crippen LogP) is 1.50. The van der Waals surface area contributed by atoms with Gasteiger partial charge in [-0.05, 0) is 38.1 Å². The van der Waals surface area contributed by atoms with Crippen LogP contribution < -0.4 is 15.2 Å². The van der Waals surface area contributed by atoms with Crippen LogP contribution in [0, 0.1) is 0 Å². The molecule has 1 heterocycles. The van der Waals surface area contributed by atoms with Gasteiger partial charge in [0.15, 0.2) is 0 Å². The van der Waals surface area contributed by atoms with Gasteiger partial charge in [-0.3, -0.25) is 4.90 Å². The summed E-state index contributed by atoms with van der Waals surface area (Å²) in [5, 5.41) is 0. The lowest BCUT2D eigenvalue weighted by Crippen LogP contribution is -2.42. The Kier molecular flexibility index (Phi) is 4.84. The minimum Gasteiger partial charge on any atom is -0.497 e. The maximum absolute atomic E-state index is 5.83. The third kappa shape index (κ3) is 3.37. The molecule has 1 aromatic carbocycles. The second-order valence-corrected chi connectivity index (χ2v) is 4.62. The molecule has 1 unspecified atom stereocenters. The van der Waals surface area contributed by atoms with Crippen molar-refractivity contribution in [2.75, 3.05) is 33.4 Å². The van der Waals surface area contributed by atoms with E-state index in [-0.39, 0.29) is 0 Å². The molecule has 1 aromatic rings. The molecule has 1 saturated heterocycles. The number of hydrogen-bond acceptors (Lipinski definition) is 4. The number of rotatable bonds is 6. The highest BCUT2D eigenvalue weighted by atomic mass is 16.5. The average molecular weight is 250 g/mol. The molecule has 2 N–H and O–H groups in total. The smallest absolute Gasteiger partial charge is 0.123 e. The summed E-state index contributed by atoms with van der Waals surface area (Å²) >= 11 is 0. The highest BCUT2D eigenvalue weighted by molar-refractivity contribution is 5.32. The standard InChI is InChI=1S/C14H22N2O2/c1-17-13-5-4-6-14(9-13)18-11-12(10-15)16-7-2-3-8-16/h4-6,9,12H,2-3,7-8,10-11,15H2,1H3. The molecule has 1 aliphatic heterocycles. The van der Waals surface area contributed by atoms with E-state index >= 15 is 0 Å². The van der Waals surface area contributed by atoms with E-state index in [4.69, 9.17) is 15.2 Å². The molecule has 0 saturated carbocycles. The number of hydrogen-bond donors (Lipinski definition) is 1. The van der Waals surface area contributed by atoms with Gasteiger partial charge in [0.25, 0.3) is 0 Å². The van der Waals surface area contributed by atoms with E-state index in [2.05, 4.69) is 4.90 Å². The van der Waals surface area contributed by atoms with Crippen LogP contribution >= 0.6 is 0 Å².